The topological polar surface area (TPSA) is 95.9 Å². The standard InChI is InChI=1S/C26H23ClN2O5S/c27-21-4-2-1-3-19(21)25(23-14-32-15-33-23)34-17-5-7-22-20(11-17)16(9-10-28)12-29(22)13-18-6-8-24(35-18)26(30)31/h1-8,11-12,14,25H,9-10,13,15,28H2,(H,30,31). The number of fused-ring (bicyclic) bond motifs is 1. The van der Waals surface area contributed by atoms with Crippen molar-refractivity contribution in [3.8, 4) is 5.75 Å². The fourth-order valence-electron chi connectivity index (χ4n) is 4.14. The summed E-state index contributed by atoms with van der Waals surface area (Å²) in [5.41, 5.74) is 8.77. The van der Waals surface area contributed by atoms with Crippen LogP contribution in [0.5, 0.6) is 5.75 Å². The van der Waals surface area contributed by atoms with Gasteiger partial charge >= 0.3 is 5.97 Å². The summed E-state index contributed by atoms with van der Waals surface area (Å²) in [5, 5.41) is 10.8. The van der Waals surface area contributed by atoms with Crippen LogP contribution in [0.15, 0.2) is 72.8 Å². The molecule has 2 aromatic heterocycles. The van der Waals surface area contributed by atoms with Crippen LogP contribution < -0.4 is 10.5 Å². The molecule has 35 heavy (non-hydrogen) atoms. The van der Waals surface area contributed by atoms with Crippen molar-refractivity contribution >= 4 is 39.8 Å². The van der Waals surface area contributed by atoms with Gasteiger partial charge in [-0.25, -0.2) is 4.79 Å². The van der Waals surface area contributed by atoms with Crippen LogP contribution in [-0.2, 0) is 22.4 Å². The zero-order valence-corrected chi connectivity index (χ0v) is 20.2. The molecule has 0 spiro atoms. The third kappa shape index (κ3) is 4.86. The van der Waals surface area contributed by atoms with Gasteiger partial charge < -0.3 is 29.6 Å². The molecule has 0 fully saturated rings. The molecule has 5 rings (SSSR count). The summed E-state index contributed by atoms with van der Waals surface area (Å²) in [6.45, 7) is 1.21. The van der Waals surface area contributed by atoms with Gasteiger partial charge in [-0.2, -0.15) is 0 Å². The van der Waals surface area contributed by atoms with E-state index in [9.17, 15) is 9.90 Å². The van der Waals surface area contributed by atoms with Gasteiger partial charge in [-0.15, -0.1) is 11.3 Å². The monoisotopic (exact) mass is 510 g/mol. The van der Waals surface area contributed by atoms with Gasteiger partial charge in [0.25, 0.3) is 0 Å². The van der Waals surface area contributed by atoms with Gasteiger partial charge in [-0.1, -0.05) is 29.8 Å². The lowest BCUT2D eigenvalue weighted by atomic mass is 10.1. The van der Waals surface area contributed by atoms with Gasteiger partial charge in [-0.3, -0.25) is 0 Å². The Hall–Kier alpha value is -3.46. The van der Waals surface area contributed by atoms with Gasteiger partial charge in [0.2, 0.25) is 6.79 Å². The predicted molar refractivity (Wildman–Crippen MR) is 135 cm³/mol. The highest BCUT2D eigenvalue weighted by molar-refractivity contribution is 7.13. The SMILES string of the molecule is NCCc1cn(Cc2ccc(C(=O)O)s2)c2ccc(OC(C3=COCO3)c3ccccc3Cl)cc12. The molecule has 7 nitrogen and oxygen atoms in total. The van der Waals surface area contributed by atoms with Crippen molar-refractivity contribution in [2.75, 3.05) is 13.3 Å². The fourth-order valence-corrected chi connectivity index (χ4v) is 5.22. The minimum absolute atomic E-state index is 0.133. The van der Waals surface area contributed by atoms with Crippen LogP contribution in [0.4, 0.5) is 0 Å². The number of benzene rings is 2. The van der Waals surface area contributed by atoms with E-state index in [2.05, 4.69) is 10.8 Å². The highest BCUT2D eigenvalue weighted by Gasteiger charge is 2.26. The second-order valence-electron chi connectivity index (χ2n) is 8.04. The predicted octanol–water partition coefficient (Wildman–Crippen LogP) is 5.57. The molecular weight excluding hydrogens is 488 g/mol. The molecule has 0 amide bonds. The molecule has 3 N–H and O–H groups in total. The van der Waals surface area contributed by atoms with E-state index in [4.69, 9.17) is 31.5 Å². The summed E-state index contributed by atoms with van der Waals surface area (Å²) in [5.74, 6) is 0.285. The number of carboxylic acid groups (broad SMARTS) is 1. The Labute approximate surface area is 210 Å². The zero-order chi connectivity index (χ0) is 24.4. The first-order chi connectivity index (χ1) is 17.0. The lowest BCUT2D eigenvalue weighted by Crippen LogP contribution is -2.12. The number of carboxylic acids is 1. The smallest absolute Gasteiger partial charge is 0.345 e. The highest BCUT2D eigenvalue weighted by Crippen LogP contribution is 2.36. The average Bonchev–Trinajstić information content (AvgIpc) is 3.60. The lowest BCUT2D eigenvalue weighted by molar-refractivity contribution is 0.0555. The van der Waals surface area contributed by atoms with Gasteiger partial charge in [0.15, 0.2) is 11.9 Å². The summed E-state index contributed by atoms with van der Waals surface area (Å²) >= 11 is 7.75. The largest absolute Gasteiger partial charge is 0.478 e. The number of aromatic nitrogens is 1. The molecule has 9 heteroatoms. The maximum Gasteiger partial charge on any atom is 0.345 e. The first kappa shape index (κ1) is 23.3. The Morgan fingerprint density at radius 1 is 1.23 bits per heavy atom. The van der Waals surface area contributed by atoms with E-state index in [1.165, 1.54) is 11.3 Å². The number of rotatable bonds is 9. The van der Waals surface area contributed by atoms with E-state index < -0.39 is 12.1 Å². The Bertz CT molecular complexity index is 1410. The number of thiophene rings is 1. The second-order valence-corrected chi connectivity index (χ2v) is 9.61. The van der Waals surface area contributed by atoms with Crippen LogP contribution in [-0.4, -0.2) is 29.0 Å². The van der Waals surface area contributed by atoms with Crippen molar-refractivity contribution in [1.82, 2.24) is 4.57 Å². The number of aromatic carboxylic acids is 1. The van der Waals surface area contributed by atoms with Crippen molar-refractivity contribution < 1.29 is 24.1 Å². The maximum absolute atomic E-state index is 11.3. The maximum atomic E-state index is 11.3. The van der Waals surface area contributed by atoms with E-state index in [0.717, 1.165) is 26.9 Å². The number of ether oxygens (including phenoxy) is 3. The lowest BCUT2D eigenvalue weighted by Gasteiger charge is -2.20. The van der Waals surface area contributed by atoms with Gasteiger partial charge in [0.1, 0.15) is 16.9 Å². The van der Waals surface area contributed by atoms with Crippen molar-refractivity contribution in [2.24, 2.45) is 5.73 Å². The molecule has 1 aliphatic heterocycles. The number of nitrogens with two attached hydrogens (primary N) is 1. The Morgan fingerprint density at radius 3 is 2.80 bits per heavy atom. The van der Waals surface area contributed by atoms with E-state index in [-0.39, 0.29) is 6.79 Å². The number of halogens is 1. The van der Waals surface area contributed by atoms with Crippen LogP contribution >= 0.6 is 22.9 Å². The molecule has 0 bridgehead atoms. The minimum Gasteiger partial charge on any atom is -0.478 e. The average molecular weight is 511 g/mol. The molecule has 1 aliphatic rings. The van der Waals surface area contributed by atoms with Crippen molar-refractivity contribution in [3.63, 3.8) is 0 Å². The summed E-state index contributed by atoms with van der Waals surface area (Å²) in [4.78, 5) is 12.5. The number of hydrogen-bond donors (Lipinski definition) is 2. The second kappa shape index (κ2) is 10.0. The summed E-state index contributed by atoms with van der Waals surface area (Å²) in [7, 11) is 0. The quantitative estimate of drug-likeness (QED) is 0.305. The molecule has 4 aromatic rings. The molecular formula is C26H23ClN2O5S. The Morgan fingerprint density at radius 2 is 2.09 bits per heavy atom. The van der Waals surface area contributed by atoms with Gasteiger partial charge in [0.05, 0.1) is 6.54 Å². The van der Waals surface area contributed by atoms with E-state index in [1.807, 2.05) is 48.5 Å². The van der Waals surface area contributed by atoms with Crippen molar-refractivity contribution in [3.05, 3.63) is 98.7 Å². The van der Waals surface area contributed by atoms with Crippen LogP contribution in [0.25, 0.3) is 10.9 Å². The Kier molecular flexibility index (Phi) is 6.68. The van der Waals surface area contributed by atoms with Gasteiger partial charge in [-0.05, 0) is 54.9 Å². The number of hydrogen-bond acceptors (Lipinski definition) is 6. The Balaban J connectivity index is 1.49. The van der Waals surface area contributed by atoms with Crippen molar-refractivity contribution in [1.29, 1.82) is 0 Å². The van der Waals surface area contributed by atoms with Crippen LogP contribution in [0.3, 0.4) is 0 Å². The first-order valence-corrected chi connectivity index (χ1v) is 12.2. The molecule has 3 heterocycles. The van der Waals surface area contributed by atoms with Crippen molar-refractivity contribution in [2.45, 2.75) is 19.1 Å². The number of nitrogens with zero attached hydrogens (tertiary/aromatic N) is 1. The van der Waals surface area contributed by atoms with Gasteiger partial charge in [0, 0.05) is 32.6 Å². The molecule has 0 saturated carbocycles. The molecule has 0 aliphatic carbocycles. The zero-order valence-electron chi connectivity index (χ0n) is 18.6. The minimum atomic E-state index is -0.913. The number of carbonyl (C=O) groups is 1. The van der Waals surface area contributed by atoms with E-state index in [1.54, 1.807) is 12.3 Å². The van der Waals surface area contributed by atoms with Crippen LogP contribution in [0, 0.1) is 0 Å². The van der Waals surface area contributed by atoms with E-state index in [0.29, 0.717) is 40.9 Å². The fraction of sp³-hybridized carbons (Fsp3) is 0.192. The molecule has 1 atom stereocenters. The first-order valence-electron chi connectivity index (χ1n) is 11.0. The molecule has 0 saturated heterocycles. The third-order valence-corrected chi connectivity index (χ3v) is 7.14. The normalized spacial score (nSPS) is 13.8. The van der Waals surface area contributed by atoms with Crippen LogP contribution in [0.2, 0.25) is 5.02 Å². The highest BCUT2D eigenvalue weighted by atomic mass is 35.5. The molecule has 0 radical (unpaired) electrons. The molecule has 2 aromatic carbocycles. The summed E-state index contributed by atoms with van der Waals surface area (Å²) < 4.78 is 19.4. The molecule has 180 valence electrons. The summed E-state index contributed by atoms with van der Waals surface area (Å²) in [6, 6.07) is 16.9. The van der Waals surface area contributed by atoms with E-state index >= 15 is 0 Å². The van der Waals surface area contributed by atoms with Crippen LogP contribution in [0.1, 0.15) is 31.8 Å². The third-order valence-electron chi connectivity index (χ3n) is 5.74. The summed E-state index contributed by atoms with van der Waals surface area (Å²) in [6.07, 6.45) is 3.76. The molecule has 1 unspecified atom stereocenters.